The molecule has 2 aliphatic rings. The number of rotatable bonds is 7. The van der Waals surface area contributed by atoms with Crippen LogP contribution >= 0.6 is 11.8 Å². The van der Waals surface area contributed by atoms with Crippen LogP contribution in [0, 0.1) is 0 Å². The number of nitrogens with one attached hydrogen (secondary N) is 1. The highest BCUT2D eigenvalue weighted by Crippen LogP contribution is 2.40. The molecular formula is C17H16N8O6S. The van der Waals surface area contributed by atoms with E-state index in [1.165, 1.54) is 18.9 Å². The van der Waals surface area contributed by atoms with Crippen molar-refractivity contribution in [3.8, 4) is 0 Å². The summed E-state index contributed by atoms with van der Waals surface area (Å²) in [6, 6.07) is -1.28. The van der Waals surface area contributed by atoms with E-state index in [2.05, 4.69) is 35.0 Å². The van der Waals surface area contributed by atoms with Gasteiger partial charge >= 0.3 is 6.01 Å². The molecular weight excluding hydrogens is 444 g/mol. The van der Waals surface area contributed by atoms with Gasteiger partial charge in [0.2, 0.25) is 11.5 Å². The van der Waals surface area contributed by atoms with Crippen molar-refractivity contribution in [2.24, 2.45) is 5.16 Å². The number of β-lactam (4-membered cyclic amide) rings is 1. The first-order valence-electron chi connectivity index (χ1n) is 9.09. The molecule has 0 aliphatic carbocycles. The summed E-state index contributed by atoms with van der Waals surface area (Å²) in [7, 11) is 1.21. The van der Waals surface area contributed by atoms with Gasteiger partial charge in [0.25, 0.3) is 11.8 Å². The molecule has 32 heavy (non-hydrogen) atoms. The number of nitrogens with zero attached hydrogens (tertiary/aromatic N) is 6. The van der Waals surface area contributed by atoms with Gasteiger partial charge in [0, 0.05) is 11.3 Å². The zero-order chi connectivity index (χ0) is 22.8. The van der Waals surface area contributed by atoms with E-state index < -0.39 is 29.2 Å². The number of aliphatic carboxylic acids is 1. The first-order chi connectivity index (χ1) is 15.4. The molecule has 1 unspecified atom stereocenters. The van der Waals surface area contributed by atoms with Gasteiger partial charge in [0.05, 0.1) is 24.1 Å². The molecule has 0 spiro atoms. The molecule has 2 aromatic rings. The number of oxime groups is 1. The number of nitrogens with two attached hydrogens (primary N) is 1. The summed E-state index contributed by atoms with van der Waals surface area (Å²) < 4.78 is 6.37. The summed E-state index contributed by atoms with van der Waals surface area (Å²) in [5.74, 6) is -2.80. The van der Waals surface area contributed by atoms with E-state index in [0.29, 0.717) is 11.3 Å². The SMILES string of the molecule is CO/N=C(\C(=O)NC1C(=O)N2C(C(=O)[O-])=C(C[n+]3ccncc3)CS[C@H]12)c1noc(N)n1. The number of carboxylic acids is 1. The fourth-order valence-corrected chi connectivity index (χ4v) is 4.62. The van der Waals surface area contributed by atoms with Crippen LogP contribution in [-0.4, -0.2) is 67.8 Å². The highest BCUT2D eigenvalue weighted by molar-refractivity contribution is 8.00. The zero-order valence-electron chi connectivity index (χ0n) is 16.5. The van der Waals surface area contributed by atoms with E-state index in [1.54, 1.807) is 29.4 Å². The van der Waals surface area contributed by atoms with E-state index in [0.717, 1.165) is 4.90 Å². The maximum absolute atomic E-state index is 12.8. The van der Waals surface area contributed by atoms with Gasteiger partial charge in [0.15, 0.2) is 18.9 Å². The quantitative estimate of drug-likeness (QED) is 0.183. The minimum atomic E-state index is -1.47. The van der Waals surface area contributed by atoms with Gasteiger partial charge in [-0.3, -0.25) is 19.5 Å². The highest BCUT2D eigenvalue weighted by Gasteiger charge is 2.53. The molecule has 4 heterocycles. The van der Waals surface area contributed by atoms with Gasteiger partial charge in [-0.25, -0.2) is 0 Å². The summed E-state index contributed by atoms with van der Waals surface area (Å²) in [5.41, 5.74) is 5.31. The number of carboxylic acid groups (broad SMARTS) is 1. The lowest BCUT2D eigenvalue weighted by Crippen LogP contribution is -2.71. The number of carbonyl (C=O) groups is 3. The second kappa shape index (κ2) is 8.62. The van der Waals surface area contributed by atoms with E-state index in [-0.39, 0.29) is 29.8 Å². The number of anilines is 1. The predicted molar refractivity (Wildman–Crippen MR) is 104 cm³/mol. The van der Waals surface area contributed by atoms with Crippen molar-refractivity contribution in [2.75, 3.05) is 18.6 Å². The molecule has 166 valence electrons. The van der Waals surface area contributed by atoms with Gasteiger partial charge in [0.1, 0.15) is 18.5 Å². The number of hydrogen-bond donors (Lipinski definition) is 2. The Morgan fingerprint density at radius 1 is 1.47 bits per heavy atom. The molecule has 15 heteroatoms. The smallest absolute Gasteiger partial charge is 0.319 e. The van der Waals surface area contributed by atoms with E-state index in [1.807, 2.05) is 0 Å². The van der Waals surface area contributed by atoms with Crippen LogP contribution in [0.4, 0.5) is 6.01 Å². The number of aromatic nitrogens is 4. The molecule has 1 fully saturated rings. The lowest BCUT2D eigenvalue weighted by molar-refractivity contribution is -0.689. The Balaban J connectivity index is 1.53. The van der Waals surface area contributed by atoms with Gasteiger partial charge in [-0.05, 0) is 0 Å². The molecule has 4 rings (SSSR count). The van der Waals surface area contributed by atoms with Crippen LogP contribution in [0.1, 0.15) is 5.82 Å². The molecule has 0 bridgehead atoms. The van der Waals surface area contributed by atoms with Gasteiger partial charge in [-0.1, -0.05) is 10.3 Å². The molecule has 3 N–H and O–H groups in total. The van der Waals surface area contributed by atoms with Crippen molar-refractivity contribution in [3.05, 3.63) is 41.9 Å². The standard InChI is InChI=1S/C17H16N8O6S/c1-30-22-9(12-21-17(18)31-23-12)13(26)20-10-14(27)25-11(16(28)29)8(7-32-15(10)25)6-24-4-2-19-3-5-24/h2-5,10,15H,6-7H2,1H3,(H3-,18,20,21,23,26,28,29)/b22-9-/t10?,15-/m1/s1. The van der Waals surface area contributed by atoms with Gasteiger partial charge < -0.3 is 30.3 Å². The van der Waals surface area contributed by atoms with Crippen molar-refractivity contribution >= 4 is 41.3 Å². The topological polar surface area (TPSA) is 193 Å². The third kappa shape index (κ3) is 3.84. The van der Waals surface area contributed by atoms with Crippen molar-refractivity contribution < 1.29 is 33.4 Å². The summed E-state index contributed by atoms with van der Waals surface area (Å²) in [6.45, 7) is 0.246. The van der Waals surface area contributed by atoms with Crippen molar-refractivity contribution in [2.45, 2.75) is 18.0 Å². The second-order valence-electron chi connectivity index (χ2n) is 6.60. The lowest BCUT2D eigenvalue weighted by Gasteiger charge is -2.50. The summed E-state index contributed by atoms with van der Waals surface area (Å²) in [5, 5.41) is 20.8. The Labute approximate surface area is 184 Å². The van der Waals surface area contributed by atoms with E-state index >= 15 is 0 Å². The molecule has 0 radical (unpaired) electrons. The van der Waals surface area contributed by atoms with E-state index in [4.69, 9.17) is 5.73 Å². The van der Waals surface area contributed by atoms with Crippen molar-refractivity contribution in [3.63, 3.8) is 0 Å². The normalized spacial score (nSPS) is 20.5. The monoisotopic (exact) mass is 460 g/mol. The zero-order valence-corrected chi connectivity index (χ0v) is 17.3. The Bertz CT molecular complexity index is 1130. The Morgan fingerprint density at radius 3 is 2.84 bits per heavy atom. The second-order valence-corrected chi connectivity index (χ2v) is 7.70. The fraction of sp³-hybridized carbons (Fsp3) is 0.294. The van der Waals surface area contributed by atoms with Crippen LogP contribution in [0.15, 0.2) is 45.7 Å². The maximum atomic E-state index is 12.8. The maximum Gasteiger partial charge on any atom is 0.319 e. The van der Waals surface area contributed by atoms with Crippen molar-refractivity contribution in [1.82, 2.24) is 25.3 Å². The lowest BCUT2D eigenvalue weighted by atomic mass is 10.0. The van der Waals surface area contributed by atoms with Crippen LogP contribution in [0.2, 0.25) is 0 Å². The van der Waals surface area contributed by atoms with Crippen LogP contribution in [0.25, 0.3) is 0 Å². The third-order valence-corrected chi connectivity index (χ3v) is 5.98. The largest absolute Gasteiger partial charge is 0.543 e. The molecule has 1 saturated heterocycles. The Kier molecular flexibility index (Phi) is 5.72. The summed E-state index contributed by atoms with van der Waals surface area (Å²) in [4.78, 5) is 50.7. The molecule has 2 aromatic heterocycles. The number of hydrogen-bond acceptors (Lipinski definition) is 12. The third-order valence-electron chi connectivity index (χ3n) is 4.64. The van der Waals surface area contributed by atoms with Gasteiger partial charge in [-0.15, -0.1) is 11.8 Å². The average molecular weight is 460 g/mol. The number of amides is 2. The van der Waals surface area contributed by atoms with E-state index in [9.17, 15) is 19.5 Å². The number of nitrogen functional groups attached to an aromatic ring is 1. The first kappa shape index (κ1) is 21.2. The molecule has 2 amide bonds. The molecule has 2 aliphatic heterocycles. The van der Waals surface area contributed by atoms with Crippen LogP contribution in [0.5, 0.6) is 0 Å². The molecule has 14 nitrogen and oxygen atoms in total. The minimum absolute atomic E-state index is 0.203. The molecule has 0 saturated carbocycles. The highest BCUT2D eigenvalue weighted by atomic mass is 32.2. The van der Waals surface area contributed by atoms with Crippen LogP contribution in [-0.2, 0) is 25.8 Å². The van der Waals surface area contributed by atoms with Crippen LogP contribution in [0.3, 0.4) is 0 Å². The summed E-state index contributed by atoms with van der Waals surface area (Å²) in [6.07, 6.45) is 6.49. The molecule has 0 aromatic carbocycles. The number of fused-ring (bicyclic) bond motifs is 1. The predicted octanol–water partition coefficient (Wildman–Crippen LogP) is -3.21. The van der Waals surface area contributed by atoms with Crippen LogP contribution < -0.4 is 20.7 Å². The fourth-order valence-electron chi connectivity index (χ4n) is 3.28. The number of carbonyl (C=O) groups excluding carboxylic acids is 3. The minimum Gasteiger partial charge on any atom is -0.543 e. The van der Waals surface area contributed by atoms with Crippen molar-refractivity contribution in [1.29, 1.82) is 0 Å². The Hall–Kier alpha value is -4.01. The first-order valence-corrected chi connectivity index (χ1v) is 10.1. The average Bonchev–Trinajstić information content (AvgIpc) is 3.21. The number of thioether (sulfide) groups is 1. The Morgan fingerprint density at radius 2 is 2.22 bits per heavy atom. The molecule has 2 atom stereocenters. The summed E-state index contributed by atoms with van der Waals surface area (Å²) >= 11 is 1.31. The van der Waals surface area contributed by atoms with Gasteiger partial charge in [-0.2, -0.15) is 9.55 Å².